The maximum Gasteiger partial charge on any atom is 0.309 e. The normalized spacial score (nSPS) is 22.0. The maximum absolute atomic E-state index is 12.9. The summed E-state index contributed by atoms with van der Waals surface area (Å²) in [6.07, 6.45) is 1.75. The van der Waals surface area contributed by atoms with Crippen LogP contribution in [0.3, 0.4) is 0 Å². The number of hydrogen-bond acceptors (Lipinski definition) is 5. The van der Waals surface area contributed by atoms with Crippen molar-refractivity contribution >= 4 is 11.9 Å². The average molecular weight is 453 g/mol. The molecule has 0 aliphatic carbocycles. The van der Waals surface area contributed by atoms with Crippen molar-refractivity contribution in [2.75, 3.05) is 40.4 Å². The Balaban J connectivity index is 1.71. The van der Waals surface area contributed by atoms with Crippen molar-refractivity contribution < 1.29 is 24.2 Å². The van der Waals surface area contributed by atoms with Crippen LogP contribution in [-0.2, 0) is 16.0 Å². The fourth-order valence-electron chi connectivity index (χ4n) is 5.10. The molecule has 2 aliphatic rings. The molecule has 0 bridgehead atoms. The van der Waals surface area contributed by atoms with Gasteiger partial charge in [-0.15, -0.1) is 0 Å². The number of likely N-dealkylation sites (tertiary alicyclic amines) is 1. The number of carbonyl (C=O) groups is 2. The number of carbonyl (C=O) groups excluding carboxylic acids is 1. The van der Waals surface area contributed by atoms with E-state index < -0.39 is 17.9 Å². The molecule has 1 saturated heterocycles. The Morgan fingerprint density at radius 2 is 1.91 bits per heavy atom. The van der Waals surface area contributed by atoms with Crippen LogP contribution in [0.4, 0.5) is 0 Å². The van der Waals surface area contributed by atoms with E-state index in [0.29, 0.717) is 25.4 Å². The van der Waals surface area contributed by atoms with E-state index in [2.05, 4.69) is 0 Å². The number of carboxylic acid groups (broad SMARTS) is 1. The zero-order valence-corrected chi connectivity index (χ0v) is 19.5. The van der Waals surface area contributed by atoms with Gasteiger partial charge in [0.25, 0.3) is 0 Å². The molecule has 3 atom stereocenters. The number of carboxylic acids is 1. The summed E-state index contributed by atoms with van der Waals surface area (Å²) in [5.41, 5.74) is 2.97. The molecular formula is C26H32N2O5. The van der Waals surface area contributed by atoms with E-state index >= 15 is 0 Å². The number of aliphatic carboxylic acids is 1. The molecule has 0 aromatic heterocycles. The molecule has 2 aliphatic heterocycles. The summed E-state index contributed by atoms with van der Waals surface area (Å²) < 4.78 is 11.0. The van der Waals surface area contributed by atoms with Crippen molar-refractivity contribution in [1.29, 1.82) is 0 Å². The Labute approximate surface area is 194 Å². The van der Waals surface area contributed by atoms with Crippen LogP contribution in [0.25, 0.3) is 0 Å². The third-order valence-electron chi connectivity index (χ3n) is 6.81. The number of likely N-dealkylation sites (N-methyl/N-ethyl adjacent to an activating group) is 1. The molecule has 176 valence electrons. The Bertz CT molecular complexity index is 1010. The Morgan fingerprint density at radius 1 is 1.18 bits per heavy atom. The quantitative estimate of drug-likeness (QED) is 0.662. The van der Waals surface area contributed by atoms with E-state index in [9.17, 15) is 14.7 Å². The molecule has 4 rings (SSSR count). The SMILES string of the molecule is CCCN(C)C(=O)CN1C[C@H](c2ccc3c(c2)OCC3)[C@@H](C(=O)O)[C@@H]1c1ccc(OC)cc1. The van der Waals surface area contributed by atoms with Crippen LogP contribution >= 0.6 is 0 Å². The minimum absolute atomic E-state index is 0.00237. The van der Waals surface area contributed by atoms with E-state index in [1.807, 2.05) is 54.3 Å². The summed E-state index contributed by atoms with van der Waals surface area (Å²) in [4.78, 5) is 29.3. The Morgan fingerprint density at radius 3 is 2.58 bits per heavy atom. The lowest BCUT2D eigenvalue weighted by atomic mass is 9.82. The second-order valence-corrected chi connectivity index (χ2v) is 8.90. The van der Waals surface area contributed by atoms with Crippen LogP contribution in [0.2, 0.25) is 0 Å². The zero-order chi connectivity index (χ0) is 23.5. The van der Waals surface area contributed by atoms with Crippen molar-refractivity contribution in [3.63, 3.8) is 0 Å². The first-order valence-corrected chi connectivity index (χ1v) is 11.5. The van der Waals surface area contributed by atoms with Crippen LogP contribution in [0.1, 0.15) is 42.0 Å². The number of fused-ring (bicyclic) bond motifs is 1. The predicted octanol–water partition coefficient (Wildman–Crippen LogP) is 3.34. The standard InChI is InChI=1S/C26H32N2O5/c1-4-12-27(2)23(29)16-28-15-21(19-6-5-17-11-13-33-22(17)14-19)24(26(30)31)25(28)18-7-9-20(32-3)10-8-18/h5-10,14,21,24-25H,4,11-13,15-16H2,1-3H3,(H,30,31)/t21-,24-,25+/m1/s1. The first-order valence-electron chi connectivity index (χ1n) is 11.5. The highest BCUT2D eigenvalue weighted by Gasteiger charge is 2.48. The second-order valence-electron chi connectivity index (χ2n) is 8.90. The van der Waals surface area contributed by atoms with Crippen molar-refractivity contribution in [3.8, 4) is 11.5 Å². The van der Waals surface area contributed by atoms with Gasteiger partial charge in [-0.1, -0.05) is 31.2 Å². The van der Waals surface area contributed by atoms with Gasteiger partial charge in [0, 0.05) is 38.5 Å². The molecule has 33 heavy (non-hydrogen) atoms. The smallest absolute Gasteiger partial charge is 0.309 e. The molecule has 1 fully saturated rings. The van der Waals surface area contributed by atoms with E-state index in [1.165, 1.54) is 0 Å². The average Bonchev–Trinajstić information content (AvgIpc) is 3.43. The largest absolute Gasteiger partial charge is 0.497 e. The first kappa shape index (κ1) is 23.1. The molecule has 0 saturated carbocycles. The minimum atomic E-state index is -0.862. The van der Waals surface area contributed by atoms with E-state index in [0.717, 1.165) is 35.3 Å². The molecule has 0 spiro atoms. The number of hydrogen-bond donors (Lipinski definition) is 1. The fraction of sp³-hybridized carbons (Fsp3) is 0.462. The third kappa shape index (κ3) is 4.69. The highest BCUT2D eigenvalue weighted by Crippen LogP contribution is 2.47. The topological polar surface area (TPSA) is 79.3 Å². The summed E-state index contributed by atoms with van der Waals surface area (Å²) in [5.74, 6) is -0.261. The minimum Gasteiger partial charge on any atom is -0.497 e. The van der Waals surface area contributed by atoms with Crippen molar-refractivity contribution in [2.24, 2.45) is 5.92 Å². The van der Waals surface area contributed by atoms with Gasteiger partial charge < -0.3 is 19.5 Å². The number of amides is 1. The molecule has 0 radical (unpaired) electrons. The number of ether oxygens (including phenoxy) is 2. The van der Waals surface area contributed by atoms with Crippen LogP contribution in [0.15, 0.2) is 42.5 Å². The van der Waals surface area contributed by atoms with Gasteiger partial charge in [-0.05, 0) is 41.3 Å². The van der Waals surface area contributed by atoms with Crippen LogP contribution in [0.5, 0.6) is 11.5 Å². The predicted molar refractivity (Wildman–Crippen MR) is 125 cm³/mol. The number of benzene rings is 2. The molecule has 2 aromatic carbocycles. The van der Waals surface area contributed by atoms with Gasteiger partial charge >= 0.3 is 5.97 Å². The van der Waals surface area contributed by atoms with Gasteiger partial charge in [0.1, 0.15) is 11.5 Å². The Kier molecular flexibility index (Phi) is 6.88. The molecule has 1 amide bonds. The van der Waals surface area contributed by atoms with Crippen molar-refractivity contribution in [1.82, 2.24) is 9.80 Å². The van der Waals surface area contributed by atoms with Gasteiger partial charge in [0.05, 0.1) is 26.2 Å². The number of rotatable bonds is 8. The number of methoxy groups -OCH3 is 1. The van der Waals surface area contributed by atoms with Crippen LogP contribution < -0.4 is 9.47 Å². The maximum atomic E-state index is 12.9. The summed E-state index contributed by atoms with van der Waals surface area (Å²) in [6, 6.07) is 13.1. The monoisotopic (exact) mass is 452 g/mol. The lowest BCUT2D eigenvalue weighted by molar-refractivity contribution is -0.143. The lowest BCUT2D eigenvalue weighted by Gasteiger charge is -2.28. The van der Waals surface area contributed by atoms with Crippen molar-refractivity contribution in [3.05, 3.63) is 59.2 Å². The molecule has 1 N–H and O–H groups in total. The zero-order valence-electron chi connectivity index (χ0n) is 19.5. The van der Waals surface area contributed by atoms with Gasteiger partial charge in [0.15, 0.2) is 0 Å². The molecule has 0 unspecified atom stereocenters. The van der Waals surface area contributed by atoms with Crippen LogP contribution in [-0.4, -0.2) is 67.2 Å². The highest BCUT2D eigenvalue weighted by molar-refractivity contribution is 5.79. The third-order valence-corrected chi connectivity index (χ3v) is 6.81. The first-order chi connectivity index (χ1) is 15.9. The Hall–Kier alpha value is -3.06. The molecule has 7 heteroatoms. The van der Waals surface area contributed by atoms with Crippen LogP contribution in [0, 0.1) is 5.92 Å². The van der Waals surface area contributed by atoms with E-state index in [1.54, 1.807) is 19.1 Å². The van der Waals surface area contributed by atoms with Gasteiger partial charge in [-0.2, -0.15) is 0 Å². The fourth-order valence-corrected chi connectivity index (χ4v) is 5.10. The van der Waals surface area contributed by atoms with Crippen molar-refractivity contribution in [2.45, 2.75) is 31.7 Å². The molecular weight excluding hydrogens is 420 g/mol. The van der Waals surface area contributed by atoms with Gasteiger partial charge in [-0.25, -0.2) is 0 Å². The second kappa shape index (κ2) is 9.83. The van der Waals surface area contributed by atoms with E-state index in [-0.39, 0.29) is 18.4 Å². The molecule has 7 nitrogen and oxygen atoms in total. The summed E-state index contributed by atoms with van der Waals surface area (Å²) >= 11 is 0. The molecule has 2 heterocycles. The summed E-state index contributed by atoms with van der Waals surface area (Å²) in [6.45, 7) is 4.03. The summed E-state index contributed by atoms with van der Waals surface area (Å²) in [5, 5.41) is 10.3. The molecule has 2 aromatic rings. The van der Waals surface area contributed by atoms with Gasteiger partial charge in [-0.3, -0.25) is 14.5 Å². The highest BCUT2D eigenvalue weighted by atomic mass is 16.5. The number of nitrogens with zero attached hydrogens (tertiary/aromatic N) is 2. The van der Waals surface area contributed by atoms with Gasteiger partial charge in [0.2, 0.25) is 5.91 Å². The summed E-state index contributed by atoms with van der Waals surface area (Å²) in [7, 11) is 3.40. The lowest BCUT2D eigenvalue weighted by Crippen LogP contribution is -2.39. The van der Waals surface area contributed by atoms with E-state index in [4.69, 9.17) is 9.47 Å².